The molecule has 0 atom stereocenters. The second-order valence-electron chi connectivity index (χ2n) is 3.15. The van der Waals surface area contributed by atoms with Crippen molar-refractivity contribution in [1.82, 2.24) is 9.97 Å². The number of aromatic nitrogens is 2. The van der Waals surface area contributed by atoms with Crippen molar-refractivity contribution < 1.29 is 14.1 Å². The van der Waals surface area contributed by atoms with Crippen molar-refractivity contribution in [2.45, 2.75) is 6.61 Å². The molecule has 0 fully saturated rings. The number of nitrogens with two attached hydrogens (primary N) is 1. The molecule has 9 heteroatoms. The van der Waals surface area contributed by atoms with E-state index in [1.165, 1.54) is 6.26 Å². The van der Waals surface area contributed by atoms with Crippen LogP contribution in [-0.4, -0.2) is 14.9 Å². The Balaban J connectivity index is 2.24. The molecule has 0 spiro atoms. The van der Waals surface area contributed by atoms with Gasteiger partial charge in [0.15, 0.2) is 0 Å². The van der Waals surface area contributed by atoms with E-state index in [4.69, 9.17) is 15.0 Å². The number of nitrogen functional groups attached to an aromatic ring is 1. The lowest BCUT2D eigenvalue weighted by Crippen LogP contribution is -2.12. The number of nitrogens with zero attached hydrogens (tertiary/aromatic N) is 3. The first-order valence-electron chi connectivity index (χ1n) is 4.83. The molecule has 18 heavy (non-hydrogen) atoms. The van der Waals surface area contributed by atoms with Crippen LogP contribution in [0.25, 0.3) is 0 Å². The number of hydrazine groups is 1. The van der Waals surface area contributed by atoms with E-state index in [2.05, 4.69) is 15.4 Å². The Kier molecular flexibility index (Phi) is 3.34. The summed E-state index contributed by atoms with van der Waals surface area (Å²) in [7, 11) is 0. The normalized spacial score (nSPS) is 10.1. The number of rotatable bonds is 5. The van der Waals surface area contributed by atoms with E-state index in [9.17, 15) is 10.1 Å². The highest BCUT2D eigenvalue weighted by Crippen LogP contribution is 2.30. The third kappa shape index (κ3) is 2.35. The Bertz CT molecular complexity index is 542. The van der Waals surface area contributed by atoms with Crippen LogP contribution in [0.2, 0.25) is 0 Å². The largest absolute Gasteiger partial charge is 0.466 e. The number of ether oxygens (including phenoxy) is 1. The molecule has 0 amide bonds. The van der Waals surface area contributed by atoms with Crippen molar-refractivity contribution >= 4 is 11.5 Å². The third-order valence-corrected chi connectivity index (χ3v) is 2.04. The fraction of sp³-hybridized carbons (Fsp3) is 0.111. The van der Waals surface area contributed by atoms with E-state index in [1.54, 1.807) is 12.1 Å². The number of hydrogen-bond acceptors (Lipinski definition) is 8. The van der Waals surface area contributed by atoms with Gasteiger partial charge in [0.25, 0.3) is 5.88 Å². The number of nitro groups is 1. The van der Waals surface area contributed by atoms with E-state index in [1.807, 2.05) is 0 Å². The van der Waals surface area contributed by atoms with Crippen LogP contribution >= 0.6 is 0 Å². The molecule has 0 radical (unpaired) electrons. The summed E-state index contributed by atoms with van der Waals surface area (Å²) in [6.07, 6.45) is 2.58. The minimum atomic E-state index is -0.674. The molecule has 0 unspecified atom stereocenters. The minimum absolute atomic E-state index is 0.0227. The number of hydrogen-bond donors (Lipinski definition) is 2. The lowest BCUT2D eigenvalue weighted by Gasteiger charge is -2.06. The molecule has 9 nitrogen and oxygen atoms in total. The van der Waals surface area contributed by atoms with Gasteiger partial charge in [-0.05, 0) is 12.1 Å². The van der Waals surface area contributed by atoms with Crippen molar-refractivity contribution in [3.63, 3.8) is 0 Å². The highest BCUT2D eigenvalue weighted by molar-refractivity contribution is 5.60. The second-order valence-corrected chi connectivity index (χ2v) is 3.15. The quantitative estimate of drug-likeness (QED) is 0.454. The van der Waals surface area contributed by atoms with Gasteiger partial charge in [0.05, 0.1) is 11.2 Å². The molecular formula is C9H9N5O4. The first kappa shape index (κ1) is 11.8. The van der Waals surface area contributed by atoms with Crippen LogP contribution in [0.3, 0.4) is 0 Å². The fourth-order valence-electron chi connectivity index (χ4n) is 1.27. The summed E-state index contributed by atoms with van der Waals surface area (Å²) >= 11 is 0. The number of nitrogens with one attached hydrogen (secondary N) is 1. The van der Waals surface area contributed by atoms with Crippen molar-refractivity contribution in [2.75, 3.05) is 5.43 Å². The summed E-state index contributed by atoms with van der Waals surface area (Å²) in [6.45, 7) is 0.0227. The standard InChI is InChI=1S/C9H9N5O4/c10-13-8-7(14(15)16)9(12-5-11-8)18-4-6-2-1-3-17-6/h1-3,5H,4,10H2,(H,11,12,13). The molecule has 0 bridgehead atoms. The molecule has 0 aromatic carbocycles. The van der Waals surface area contributed by atoms with Crippen LogP contribution in [0, 0.1) is 10.1 Å². The Labute approximate surface area is 101 Å². The van der Waals surface area contributed by atoms with Gasteiger partial charge < -0.3 is 14.6 Å². The first-order chi connectivity index (χ1) is 8.72. The van der Waals surface area contributed by atoms with E-state index < -0.39 is 10.6 Å². The number of furan rings is 1. The summed E-state index contributed by atoms with van der Waals surface area (Å²) in [4.78, 5) is 17.5. The number of anilines is 1. The third-order valence-electron chi connectivity index (χ3n) is 2.04. The average molecular weight is 251 g/mol. The van der Waals surface area contributed by atoms with E-state index in [-0.39, 0.29) is 18.3 Å². The van der Waals surface area contributed by atoms with Crippen molar-refractivity contribution in [3.8, 4) is 5.88 Å². The van der Waals surface area contributed by atoms with Crippen molar-refractivity contribution in [1.29, 1.82) is 0 Å². The summed E-state index contributed by atoms with van der Waals surface area (Å²) < 4.78 is 10.2. The molecule has 0 saturated heterocycles. The smallest absolute Gasteiger partial charge is 0.374 e. The maximum atomic E-state index is 10.9. The zero-order chi connectivity index (χ0) is 13.0. The van der Waals surface area contributed by atoms with Crippen LogP contribution in [0.4, 0.5) is 11.5 Å². The van der Waals surface area contributed by atoms with Crippen LogP contribution in [-0.2, 0) is 6.61 Å². The summed E-state index contributed by atoms with van der Waals surface area (Å²) in [5.41, 5.74) is 1.69. The van der Waals surface area contributed by atoms with E-state index >= 15 is 0 Å². The van der Waals surface area contributed by atoms with Crippen LogP contribution in [0.15, 0.2) is 29.1 Å². The fourth-order valence-corrected chi connectivity index (χ4v) is 1.27. The molecule has 2 aromatic heterocycles. The van der Waals surface area contributed by atoms with Crippen LogP contribution in [0.5, 0.6) is 5.88 Å². The van der Waals surface area contributed by atoms with Crippen molar-refractivity contribution in [3.05, 3.63) is 40.6 Å². The molecule has 2 heterocycles. The van der Waals surface area contributed by atoms with Gasteiger partial charge in [-0.25, -0.2) is 10.8 Å². The SMILES string of the molecule is NNc1ncnc(OCc2ccco2)c1[N+](=O)[O-]. The van der Waals surface area contributed by atoms with Gasteiger partial charge in [0.1, 0.15) is 18.7 Å². The summed E-state index contributed by atoms with van der Waals surface area (Å²) in [6, 6.07) is 3.36. The summed E-state index contributed by atoms with van der Waals surface area (Å²) in [5, 5.41) is 10.9. The maximum Gasteiger partial charge on any atom is 0.374 e. The van der Waals surface area contributed by atoms with Crippen LogP contribution in [0.1, 0.15) is 5.76 Å². The predicted molar refractivity (Wildman–Crippen MR) is 59.5 cm³/mol. The molecule has 0 aliphatic carbocycles. The molecule has 2 aromatic rings. The van der Waals surface area contributed by atoms with E-state index in [0.29, 0.717) is 5.76 Å². The lowest BCUT2D eigenvalue weighted by atomic mass is 10.4. The Morgan fingerprint density at radius 1 is 1.56 bits per heavy atom. The van der Waals surface area contributed by atoms with Gasteiger partial charge >= 0.3 is 5.69 Å². The average Bonchev–Trinajstić information content (AvgIpc) is 2.88. The Morgan fingerprint density at radius 3 is 3.00 bits per heavy atom. The van der Waals surface area contributed by atoms with Gasteiger partial charge in [-0.1, -0.05) is 0 Å². The molecule has 0 aliphatic rings. The zero-order valence-electron chi connectivity index (χ0n) is 9.07. The van der Waals surface area contributed by atoms with Crippen molar-refractivity contribution in [2.24, 2.45) is 5.84 Å². The van der Waals surface area contributed by atoms with Gasteiger partial charge in [0.2, 0.25) is 5.82 Å². The molecule has 2 rings (SSSR count). The highest BCUT2D eigenvalue weighted by atomic mass is 16.6. The van der Waals surface area contributed by atoms with Gasteiger partial charge in [-0.2, -0.15) is 4.98 Å². The van der Waals surface area contributed by atoms with Gasteiger partial charge in [-0.15, -0.1) is 0 Å². The summed E-state index contributed by atoms with van der Waals surface area (Å²) in [5.74, 6) is 5.35. The first-order valence-corrected chi connectivity index (χ1v) is 4.83. The molecule has 0 aliphatic heterocycles. The molecule has 94 valence electrons. The maximum absolute atomic E-state index is 10.9. The second kappa shape index (κ2) is 5.10. The lowest BCUT2D eigenvalue weighted by molar-refractivity contribution is -0.385. The topological polar surface area (TPSA) is 129 Å². The zero-order valence-corrected chi connectivity index (χ0v) is 9.07. The predicted octanol–water partition coefficient (Wildman–Crippen LogP) is 0.842. The van der Waals surface area contributed by atoms with Gasteiger partial charge in [-0.3, -0.25) is 10.1 Å². The molecule has 0 saturated carbocycles. The monoisotopic (exact) mass is 251 g/mol. The Hall–Kier alpha value is -2.68. The van der Waals surface area contributed by atoms with Crippen LogP contribution < -0.4 is 16.0 Å². The molecular weight excluding hydrogens is 242 g/mol. The minimum Gasteiger partial charge on any atom is -0.466 e. The van der Waals surface area contributed by atoms with E-state index in [0.717, 1.165) is 6.33 Å². The molecule has 3 N–H and O–H groups in total. The van der Waals surface area contributed by atoms with Gasteiger partial charge in [0, 0.05) is 0 Å². The Morgan fingerprint density at radius 2 is 2.39 bits per heavy atom. The highest BCUT2D eigenvalue weighted by Gasteiger charge is 2.24.